The maximum absolute atomic E-state index is 13.7. The van der Waals surface area contributed by atoms with Crippen molar-refractivity contribution < 1.29 is 19.1 Å². The van der Waals surface area contributed by atoms with Crippen LogP contribution in [0, 0.1) is 5.92 Å². The molecule has 0 saturated carbocycles. The number of ether oxygens (including phenoxy) is 2. The SMILES string of the molecule is COc1ccccc1OC[C@@H]1c2ccsc2CCN1C(=O)CN(CC(C)C)C(=O)c1ccccc1. The third-order valence-electron chi connectivity index (χ3n) is 6.10. The summed E-state index contributed by atoms with van der Waals surface area (Å²) in [5.41, 5.74) is 1.71. The van der Waals surface area contributed by atoms with Crippen LogP contribution in [-0.4, -0.2) is 55.0 Å². The van der Waals surface area contributed by atoms with Gasteiger partial charge in [0.1, 0.15) is 13.2 Å². The van der Waals surface area contributed by atoms with Crippen LogP contribution in [0.3, 0.4) is 0 Å². The zero-order chi connectivity index (χ0) is 24.8. The van der Waals surface area contributed by atoms with Gasteiger partial charge in [-0.3, -0.25) is 9.59 Å². The summed E-state index contributed by atoms with van der Waals surface area (Å²) >= 11 is 1.71. The van der Waals surface area contributed by atoms with Crippen molar-refractivity contribution in [3.8, 4) is 11.5 Å². The van der Waals surface area contributed by atoms with E-state index in [1.54, 1.807) is 35.5 Å². The molecule has 2 amide bonds. The first-order valence-corrected chi connectivity index (χ1v) is 12.8. The molecule has 184 valence electrons. The number of thiophene rings is 1. The van der Waals surface area contributed by atoms with Gasteiger partial charge in [0, 0.05) is 23.5 Å². The summed E-state index contributed by atoms with van der Waals surface area (Å²) in [6.07, 6.45) is 0.806. The molecular formula is C28H32N2O4S. The van der Waals surface area contributed by atoms with Crippen LogP contribution in [0.1, 0.15) is 40.7 Å². The molecule has 1 atom stereocenters. The fourth-order valence-electron chi connectivity index (χ4n) is 4.46. The van der Waals surface area contributed by atoms with Gasteiger partial charge in [-0.2, -0.15) is 0 Å². The van der Waals surface area contributed by atoms with Gasteiger partial charge in [-0.1, -0.05) is 44.2 Å². The Kier molecular flexibility index (Phi) is 8.08. The Balaban J connectivity index is 1.54. The Morgan fingerprint density at radius 2 is 1.77 bits per heavy atom. The maximum atomic E-state index is 13.7. The number of rotatable bonds is 9. The number of hydrogen-bond donors (Lipinski definition) is 0. The van der Waals surface area contributed by atoms with Crippen LogP contribution < -0.4 is 9.47 Å². The van der Waals surface area contributed by atoms with E-state index >= 15 is 0 Å². The average molecular weight is 493 g/mol. The number of nitrogens with zero attached hydrogens (tertiary/aromatic N) is 2. The first-order valence-electron chi connectivity index (χ1n) is 11.9. The van der Waals surface area contributed by atoms with E-state index in [1.165, 1.54) is 4.88 Å². The number of hydrogen-bond acceptors (Lipinski definition) is 5. The lowest BCUT2D eigenvalue weighted by molar-refractivity contribution is -0.135. The highest BCUT2D eigenvalue weighted by Crippen LogP contribution is 2.35. The molecule has 6 nitrogen and oxygen atoms in total. The Hall–Kier alpha value is -3.32. The van der Waals surface area contributed by atoms with Gasteiger partial charge in [-0.05, 0) is 53.6 Å². The number of amides is 2. The normalized spacial score (nSPS) is 15.0. The van der Waals surface area contributed by atoms with Crippen LogP contribution in [0.5, 0.6) is 11.5 Å². The minimum Gasteiger partial charge on any atom is -0.493 e. The van der Waals surface area contributed by atoms with E-state index in [0.29, 0.717) is 36.8 Å². The second-order valence-corrected chi connectivity index (χ2v) is 10.1. The number of methoxy groups -OCH3 is 1. The highest BCUT2D eigenvalue weighted by atomic mass is 32.1. The van der Waals surface area contributed by atoms with Crippen molar-refractivity contribution in [3.63, 3.8) is 0 Å². The quantitative estimate of drug-likeness (QED) is 0.419. The molecular weight excluding hydrogens is 460 g/mol. The zero-order valence-corrected chi connectivity index (χ0v) is 21.3. The van der Waals surface area contributed by atoms with Crippen LogP contribution in [0.25, 0.3) is 0 Å². The Labute approximate surface area is 211 Å². The smallest absolute Gasteiger partial charge is 0.254 e. The number of fused-ring (bicyclic) bond motifs is 1. The minimum absolute atomic E-state index is 0.0382. The summed E-state index contributed by atoms with van der Waals surface area (Å²) in [5.74, 6) is 1.35. The molecule has 0 radical (unpaired) electrons. The van der Waals surface area contributed by atoms with Crippen molar-refractivity contribution in [1.82, 2.24) is 9.80 Å². The van der Waals surface area contributed by atoms with E-state index in [4.69, 9.17) is 9.47 Å². The predicted molar refractivity (Wildman–Crippen MR) is 138 cm³/mol. The molecule has 0 N–H and O–H groups in total. The number of carbonyl (C=O) groups excluding carboxylic acids is 2. The van der Waals surface area contributed by atoms with Crippen LogP contribution in [-0.2, 0) is 11.2 Å². The second kappa shape index (κ2) is 11.4. The molecule has 0 spiro atoms. The summed E-state index contributed by atoms with van der Waals surface area (Å²) in [6.45, 7) is 5.57. The molecule has 2 aromatic carbocycles. The first kappa shape index (κ1) is 24.8. The zero-order valence-electron chi connectivity index (χ0n) is 20.5. The standard InChI is InChI=1S/C28H32N2O4S/c1-20(2)17-29(28(32)21-9-5-4-6-10-21)18-27(31)30-15-13-26-22(14-16-35-26)23(30)19-34-25-12-8-7-11-24(25)33-3/h4-12,14,16,20,23H,13,15,17-19H2,1-3H3/t23-/m1/s1. The van der Waals surface area contributed by atoms with E-state index in [0.717, 1.165) is 12.0 Å². The second-order valence-electron chi connectivity index (χ2n) is 9.06. The van der Waals surface area contributed by atoms with E-state index in [2.05, 4.69) is 25.3 Å². The third kappa shape index (κ3) is 5.85. The van der Waals surface area contributed by atoms with E-state index in [1.807, 2.05) is 47.4 Å². The molecule has 0 saturated heterocycles. The van der Waals surface area contributed by atoms with Crippen LogP contribution in [0.4, 0.5) is 0 Å². The molecule has 1 aliphatic rings. The molecule has 35 heavy (non-hydrogen) atoms. The predicted octanol–water partition coefficient (Wildman–Crippen LogP) is 5.06. The van der Waals surface area contributed by atoms with Crippen LogP contribution in [0.2, 0.25) is 0 Å². The Morgan fingerprint density at radius 1 is 1.06 bits per heavy atom. The van der Waals surface area contributed by atoms with E-state index < -0.39 is 0 Å². The topological polar surface area (TPSA) is 59.1 Å². The summed E-state index contributed by atoms with van der Waals surface area (Å²) in [5, 5.41) is 2.07. The summed E-state index contributed by atoms with van der Waals surface area (Å²) in [4.78, 5) is 31.7. The van der Waals surface area contributed by atoms with Gasteiger partial charge >= 0.3 is 0 Å². The van der Waals surface area contributed by atoms with Gasteiger partial charge in [-0.15, -0.1) is 11.3 Å². The Bertz CT molecular complexity index is 1140. The number of para-hydroxylation sites is 2. The molecule has 1 aromatic heterocycles. The van der Waals surface area contributed by atoms with E-state index in [9.17, 15) is 9.59 Å². The van der Waals surface area contributed by atoms with Gasteiger partial charge in [0.2, 0.25) is 5.91 Å². The van der Waals surface area contributed by atoms with Gasteiger partial charge < -0.3 is 19.3 Å². The van der Waals surface area contributed by atoms with Crippen molar-refractivity contribution in [1.29, 1.82) is 0 Å². The van der Waals surface area contributed by atoms with Crippen molar-refractivity contribution in [2.24, 2.45) is 5.92 Å². The third-order valence-corrected chi connectivity index (χ3v) is 7.10. The van der Waals surface area contributed by atoms with Crippen molar-refractivity contribution >= 4 is 23.2 Å². The molecule has 0 unspecified atom stereocenters. The lowest BCUT2D eigenvalue weighted by Crippen LogP contribution is -2.48. The molecule has 0 bridgehead atoms. The molecule has 0 fully saturated rings. The average Bonchev–Trinajstić information content (AvgIpc) is 3.36. The molecule has 0 aliphatic carbocycles. The number of benzene rings is 2. The van der Waals surface area contributed by atoms with Crippen LogP contribution in [0.15, 0.2) is 66.0 Å². The summed E-state index contributed by atoms with van der Waals surface area (Å²) in [7, 11) is 1.61. The fraction of sp³-hybridized carbons (Fsp3) is 0.357. The van der Waals surface area contributed by atoms with Gasteiger partial charge in [0.05, 0.1) is 13.2 Å². The molecule has 3 aromatic rings. The van der Waals surface area contributed by atoms with Gasteiger partial charge in [0.15, 0.2) is 11.5 Å². The van der Waals surface area contributed by atoms with Crippen molar-refractivity contribution in [2.45, 2.75) is 26.3 Å². The summed E-state index contributed by atoms with van der Waals surface area (Å²) in [6, 6.07) is 18.5. The monoisotopic (exact) mass is 492 g/mol. The largest absolute Gasteiger partial charge is 0.493 e. The van der Waals surface area contributed by atoms with Gasteiger partial charge in [0.25, 0.3) is 5.91 Å². The van der Waals surface area contributed by atoms with Gasteiger partial charge in [-0.25, -0.2) is 0 Å². The summed E-state index contributed by atoms with van der Waals surface area (Å²) < 4.78 is 11.6. The molecule has 2 heterocycles. The molecule has 4 rings (SSSR count). The lowest BCUT2D eigenvalue weighted by Gasteiger charge is -2.37. The van der Waals surface area contributed by atoms with Crippen LogP contribution >= 0.6 is 11.3 Å². The molecule has 1 aliphatic heterocycles. The Morgan fingerprint density at radius 3 is 2.49 bits per heavy atom. The minimum atomic E-state index is -0.227. The van der Waals surface area contributed by atoms with Crippen molar-refractivity contribution in [2.75, 3.05) is 33.4 Å². The highest BCUT2D eigenvalue weighted by Gasteiger charge is 2.34. The lowest BCUT2D eigenvalue weighted by atomic mass is 10.00. The molecule has 7 heteroatoms. The maximum Gasteiger partial charge on any atom is 0.254 e. The van der Waals surface area contributed by atoms with Crippen molar-refractivity contribution in [3.05, 3.63) is 82.0 Å². The van der Waals surface area contributed by atoms with E-state index in [-0.39, 0.29) is 30.3 Å². The number of carbonyl (C=O) groups is 2. The fourth-order valence-corrected chi connectivity index (χ4v) is 5.39. The highest BCUT2D eigenvalue weighted by molar-refractivity contribution is 7.10. The first-order chi connectivity index (χ1) is 17.0.